The Bertz CT molecular complexity index is 1480. The smallest absolute Gasteiger partial charge is 0.416 e. The number of hydrogen-bond acceptors (Lipinski definition) is 4. The van der Waals surface area contributed by atoms with Gasteiger partial charge in [-0.25, -0.2) is 0 Å². The van der Waals surface area contributed by atoms with Crippen LogP contribution in [0.15, 0.2) is 70.3 Å². The molecule has 0 saturated heterocycles. The van der Waals surface area contributed by atoms with Crippen molar-refractivity contribution in [3.05, 3.63) is 103 Å². The van der Waals surface area contributed by atoms with Crippen LogP contribution in [-0.4, -0.2) is 5.11 Å². The Morgan fingerprint density at radius 3 is 2.23 bits per heavy atom. The maximum Gasteiger partial charge on any atom is 0.416 e. The highest BCUT2D eigenvalue weighted by Gasteiger charge is 2.32. The second-order valence-corrected chi connectivity index (χ2v) is 8.84. The molecule has 1 aliphatic carbocycles. The maximum atomic E-state index is 13.4. The van der Waals surface area contributed by atoms with Crippen LogP contribution in [0.25, 0.3) is 22.3 Å². The molecule has 2 N–H and O–H groups in total. The van der Waals surface area contributed by atoms with Gasteiger partial charge in [0.15, 0.2) is 5.75 Å². The molecule has 0 spiro atoms. The molecule has 0 unspecified atom stereocenters. The van der Waals surface area contributed by atoms with E-state index in [9.17, 15) is 27.9 Å². The zero-order valence-corrected chi connectivity index (χ0v) is 18.7. The fraction of sp³-hybridized carbons (Fsp3) is 0.214. The summed E-state index contributed by atoms with van der Waals surface area (Å²) in [4.78, 5) is 23.4. The van der Waals surface area contributed by atoms with E-state index in [0.717, 1.165) is 41.5 Å². The first-order valence-electron chi connectivity index (χ1n) is 11.4. The number of hydrogen-bond donors (Lipinski definition) is 2. The van der Waals surface area contributed by atoms with Crippen LogP contribution >= 0.6 is 0 Å². The molecule has 5 rings (SSSR count). The lowest BCUT2D eigenvalue weighted by Gasteiger charge is -2.23. The van der Waals surface area contributed by atoms with Crippen molar-refractivity contribution in [3.63, 3.8) is 0 Å². The van der Waals surface area contributed by atoms with Gasteiger partial charge in [-0.3, -0.25) is 9.59 Å². The van der Waals surface area contributed by atoms with Crippen molar-refractivity contribution in [3.8, 4) is 28.0 Å². The normalized spacial score (nSPS) is 13.6. The molecule has 0 radical (unpaired) electrons. The van der Waals surface area contributed by atoms with E-state index in [1.54, 1.807) is 24.3 Å². The molecule has 0 saturated carbocycles. The number of anilines is 1. The molecular weight excluding hydrogens is 455 g/mol. The summed E-state index contributed by atoms with van der Waals surface area (Å²) in [6.07, 6.45) is -1.13. The Hall–Kier alpha value is -3.87. The molecule has 0 bridgehead atoms. The van der Waals surface area contributed by atoms with Gasteiger partial charge in [0.2, 0.25) is 5.43 Å². The fourth-order valence-corrected chi connectivity index (χ4v) is 4.77. The Morgan fingerprint density at radius 1 is 0.857 bits per heavy atom. The van der Waals surface area contributed by atoms with Crippen LogP contribution in [0.1, 0.15) is 35.1 Å². The molecule has 7 heteroatoms. The average molecular weight is 477 g/mol. The molecule has 0 fully saturated rings. The van der Waals surface area contributed by atoms with Crippen LogP contribution < -0.4 is 16.2 Å². The lowest BCUT2D eigenvalue weighted by atomic mass is 9.88. The predicted molar refractivity (Wildman–Crippen MR) is 129 cm³/mol. The molecule has 0 aromatic heterocycles. The molecule has 0 amide bonds. The summed E-state index contributed by atoms with van der Waals surface area (Å²) in [5.74, 6) is -0.521. The lowest BCUT2D eigenvalue weighted by Crippen LogP contribution is -2.31. The minimum Gasteiger partial charge on any atom is -0.503 e. The van der Waals surface area contributed by atoms with E-state index in [2.05, 4.69) is 5.32 Å². The van der Waals surface area contributed by atoms with E-state index in [1.807, 2.05) is 24.3 Å². The third kappa shape index (κ3) is 4.22. The number of alkyl halides is 3. The van der Waals surface area contributed by atoms with Gasteiger partial charge in [0, 0.05) is 12.2 Å². The number of aromatic hydroxyl groups is 1. The minimum atomic E-state index is -4.39. The minimum absolute atomic E-state index is 0.0191. The molecule has 35 heavy (non-hydrogen) atoms. The van der Waals surface area contributed by atoms with E-state index in [4.69, 9.17) is 0 Å². The van der Waals surface area contributed by atoms with Gasteiger partial charge in [-0.05, 0) is 71.2 Å². The second-order valence-electron chi connectivity index (χ2n) is 8.84. The number of benzene rings is 3. The Labute approximate surface area is 199 Å². The van der Waals surface area contributed by atoms with E-state index in [-0.39, 0.29) is 5.56 Å². The quantitative estimate of drug-likeness (QED) is 0.355. The Morgan fingerprint density at radius 2 is 1.54 bits per heavy atom. The van der Waals surface area contributed by atoms with Crippen LogP contribution in [0.3, 0.4) is 0 Å². The number of halogens is 3. The van der Waals surface area contributed by atoms with Crippen molar-refractivity contribution >= 4 is 5.69 Å². The number of nitrogens with one attached hydrogen (secondary N) is 1. The highest BCUT2D eigenvalue weighted by molar-refractivity contribution is 5.87. The zero-order chi connectivity index (χ0) is 24.7. The standard InChI is InChI=1S/C28H22F3NO3/c29-28(30,31)19-13-18-5-1-2-7-21(18)23(14-19)32-15-16-9-11-17(12-10-16)20-6-3-4-8-22(20)24-25(33)27(35)26(24)34/h3-4,6,8-14,32-33H,1-2,5,7,15H2. The van der Waals surface area contributed by atoms with Crippen molar-refractivity contribution < 1.29 is 18.3 Å². The summed E-state index contributed by atoms with van der Waals surface area (Å²) in [7, 11) is 0. The van der Waals surface area contributed by atoms with Gasteiger partial charge in [-0.2, -0.15) is 13.2 Å². The Kier molecular flexibility index (Phi) is 5.71. The van der Waals surface area contributed by atoms with Crippen LogP contribution in [0.5, 0.6) is 5.75 Å². The van der Waals surface area contributed by atoms with E-state index in [1.165, 1.54) is 12.1 Å². The van der Waals surface area contributed by atoms with Gasteiger partial charge in [0.1, 0.15) is 0 Å². The van der Waals surface area contributed by atoms with Gasteiger partial charge < -0.3 is 10.4 Å². The molecule has 4 aromatic carbocycles. The van der Waals surface area contributed by atoms with Crippen molar-refractivity contribution in [2.24, 2.45) is 0 Å². The van der Waals surface area contributed by atoms with Gasteiger partial charge in [-0.15, -0.1) is 0 Å². The van der Waals surface area contributed by atoms with E-state index < -0.39 is 28.3 Å². The number of rotatable bonds is 5. The first kappa shape index (κ1) is 22.9. The van der Waals surface area contributed by atoms with E-state index >= 15 is 0 Å². The second kappa shape index (κ2) is 8.73. The summed E-state index contributed by atoms with van der Waals surface area (Å²) in [6.45, 7) is 0.356. The molecule has 0 aliphatic heterocycles. The highest BCUT2D eigenvalue weighted by atomic mass is 19.4. The zero-order valence-electron chi connectivity index (χ0n) is 18.7. The summed E-state index contributed by atoms with van der Waals surface area (Å²) in [6, 6.07) is 16.9. The van der Waals surface area contributed by atoms with Crippen LogP contribution in [0, 0.1) is 0 Å². The molecule has 178 valence electrons. The highest BCUT2D eigenvalue weighted by Crippen LogP contribution is 2.37. The Balaban J connectivity index is 1.40. The molecule has 4 nitrogen and oxygen atoms in total. The fourth-order valence-electron chi connectivity index (χ4n) is 4.77. The van der Waals surface area contributed by atoms with Crippen LogP contribution in [-0.2, 0) is 25.6 Å². The maximum absolute atomic E-state index is 13.4. The van der Waals surface area contributed by atoms with Crippen LogP contribution in [0.2, 0.25) is 0 Å². The van der Waals surface area contributed by atoms with Gasteiger partial charge in [0.25, 0.3) is 5.43 Å². The van der Waals surface area contributed by atoms with E-state index in [0.29, 0.717) is 29.8 Å². The average Bonchev–Trinajstić information content (AvgIpc) is 2.87. The first-order valence-corrected chi connectivity index (χ1v) is 11.4. The molecule has 0 heterocycles. The topological polar surface area (TPSA) is 66.4 Å². The monoisotopic (exact) mass is 477 g/mol. The van der Waals surface area contributed by atoms with Crippen molar-refractivity contribution in [1.29, 1.82) is 0 Å². The number of aryl methyl sites for hydroxylation is 1. The summed E-state index contributed by atoms with van der Waals surface area (Å²) in [5.41, 5.74) is 2.90. The van der Waals surface area contributed by atoms with Crippen molar-refractivity contribution in [1.82, 2.24) is 0 Å². The lowest BCUT2D eigenvalue weighted by molar-refractivity contribution is -0.137. The van der Waals surface area contributed by atoms with Gasteiger partial charge in [-0.1, -0.05) is 48.5 Å². The summed E-state index contributed by atoms with van der Waals surface area (Å²) >= 11 is 0. The van der Waals surface area contributed by atoms with Crippen molar-refractivity contribution in [2.45, 2.75) is 38.4 Å². The van der Waals surface area contributed by atoms with Gasteiger partial charge in [0.05, 0.1) is 11.1 Å². The first-order chi connectivity index (χ1) is 16.7. The third-order valence-corrected chi connectivity index (χ3v) is 6.62. The molecule has 0 atom stereocenters. The summed E-state index contributed by atoms with van der Waals surface area (Å²) in [5, 5.41) is 13.1. The number of fused-ring (bicyclic) bond motifs is 1. The largest absolute Gasteiger partial charge is 0.503 e. The van der Waals surface area contributed by atoms with Gasteiger partial charge >= 0.3 is 6.18 Å². The predicted octanol–water partition coefficient (Wildman–Crippen LogP) is 5.83. The van der Waals surface area contributed by atoms with Crippen molar-refractivity contribution in [2.75, 3.05) is 5.32 Å². The summed E-state index contributed by atoms with van der Waals surface area (Å²) < 4.78 is 40.2. The molecule has 1 aliphatic rings. The third-order valence-electron chi connectivity index (χ3n) is 6.62. The van der Waals surface area contributed by atoms with Crippen LogP contribution in [0.4, 0.5) is 18.9 Å². The molecule has 4 aromatic rings. The SMILES string of the molecule is O=c1c(O)c(-c2ccccc2-c2ccc(CNc3cc(C(F)(F)F)cc4c3CCCC4)cc2)c1=O. The molecular formula is C28H22F3NO3.